The fourth-order valence-corrected chi connectivity index (χ4v) is 4.87. The molecule has 2 aliphatic heterocycles. The number of aryl methyl sites for hydroxylation is 1. The number of anilines is 2. The summed E-state index contributed by atoms with van der Waals surface area (Å²) in [5.74, 6) is 3.27. The molecule has 0 saturated carbocycles. The van der Waals surface area contributed by atoms with E-state index in [4.69, 9.17) is 11.2 Å². The number of rotatable bonds is 4. The number of amides is 1. The van der Waals surface area contributed by atoms with Crippen LogP contribution in [0.4, 0.5) is 11.5 Å². The van der Waals surface area contributed by atoms with Crippen molar-refractivity contribution in [3.8, 4) is 12.3 Å². The second kappa shape index (κ2) is 9.22. The van der Waals surface area contributed by atoms with Crippen LogP contribution < -0.4 is 5.32 Å². The number of nitrogens with zero attached hydrogens (tertiary/aromatic N) is 4. The average Bonchev–Trinajstić information content (AvgIpc) is 3.21. The number of benzene rings is 1. The molecule has 2 fully saturated rings. The first kappa shape index (κ1) is 21.4. The molecule has 2 aromatic heterocycles. The highest BCUT2D eigenvalue weighted by Crippen LogP contribution is 2.30. The van der Waals surface area contributed by atoms with E-state index in [1.807, 2.05) is 36.1 Å². The van der Waals surface area contributed by atoms with Crippen LogP contribution in [0.3, 0.4) is 0 Å². The molecule has 0 atom stereocenters. The van der Waals surface area contributed by atoms with Crippen LogP contribution in [-0.2, 0) is 4.74 Å². The highest BCUT2D eigenvalue weighted by molar-refractivity contribution is 6.04. The molecule has 8 heteroatoms. The van der Waals surface area contributed by atoms with Gasteiger partial charge in [0.25, 0.3) is 5.91 Å². The van der Waals surface area contributed by atoms with Crippen LogP contribution in [0.15, 0.2) is 30.5 Å². The zero-order valence-electron chi connectivity index (χ0n) is 18.8. The number of ether oxygens (including phenoxy) is 1. The van der Waals surface area contributed by atoms with Crippen LogP contribution >= 0.6 is 0 Å². The van der Waals surface area contributed by atoms with Crippen molar-refractivity contribution in [1.29, 1.82) is 0 Å². The van der Waals surface area contributed by atoms with Gasteiger partial charge in [0.15, 0.2) is 5.82 Å². The van der Waals surface area contributed by atoms with Gasteiger partial charge in [0.1, 0.15) is 5.69 Å². The summed E-state index contributed by atoms with van der Waals surface area (Å²) in [7, 11) is 0. The van der Waals surface area contributed by atoms with E-state index in [0.717, 1.165) is 80.0 Å². The lowest BCUT2D eigenvalue weighted by Gasteiger charge is -2.40. The Hall–Kier alpha value is -3.41. The number of morpholine rings is 1. The smallest absolute Gasteiger partial charge is 0.270 e. The average molecular weight is 445 g/mol. The van der Waals surface area contributed by atoms with E-state index < -0.39 is 0 Å². The van der Waals surface area contributed by atoms with Gasteiger partial charge in [-0.15, -0.1) is 11.5 Å². The quantitative estimate of drug-likeness (QED) is 0.602. The largest absolute Gasteiger partial charge is 0.379 e. The Labute approximate surface area is 193 Å². The SMILES string of the molecule is C#Cc1cccc(Nc2nncc3[nH]c(C(=O)N4CCC(N5CCOCC5)CC4)c(C)c23)c1. The first-order chi connectivity index (χ1) is 16.1. The summed E-state index contributed by atoms with van der Waals surface area (Å²) in [4.78, 5) is 21.2. The van der Waals surface area contributed by atoms with E-state index in [2.05, 4.69) is 31.3 Å². The molecule has 4 heterocycles. The zero-order chi connectivity index (χ0) is 22.8. The number of hydrogen-bond donors (Lipinski definition) is 2. The van der Waals surface area contributed by atoms with Gasteiger partial charge in [-0.2, -0.15) is 5.10 Å². The van der Waals surface area contributed by atoms with E-state index >= 15 is 0 Å². The maximum atomic E-state index is 13.4. The van der Waals surface area contributed by atoms with Crippen LogP contribution in [0, 0.1) is 19.3 Å². The van der Waals surface area contributed by atoms with Crippen molar-refractivity contribution >= 4 is 28.3 Å². The van der Waals surface area contributed by atoms with E-state index in [1.165, 1.54) is 0 Å². The monoisotopic (exact) mass is 444 g/mol. The summed E-state index contributed by atoms with van der Waals surface area (Å²) in [6, 6.07) is 8.11. The number of hydrogen-bond acceptors (Lipinski definition) is 6. The highest BCUT2D eigenvalue weighted by Gasteiger charge is 2.30. The minimum Gasteiger partial charge on any atom is -0.379 e. The molecule has 2 saturated heterocycles. The molecular formula is C25H28N6O2. The lowest BCUT2D eigenvalue weighted by atomic mass is 10.0. The third-order valence-electron chi connectivity index (χ3n) is 6.68. The van der Waals surface area contributed by atoms with Crippen LogP contribution in [0.2, 0.25) is 0 Å². The summed E-state index contributed by atoms with van der Waals surface area (Å²) in [6.07, 6.45) is 9.17. The van der Waals surface area contributed by atoms with E-state index in [9.17, 15) is 4.79 Å². The third-order valence-corrected chi connectivity index (χ3v) is 6.68. The van der Waals surface area contributed by atoms with Crippen molar-refractivity contribution in [2.24, 2.45) is 0 Å². The first-order valence-corrected chi connectivity index (χ1v) is 11.4. The van der Waals surface area contributed by atoms with Crippen LogP contribution in [0.25, 0.3) is 10.9 Å². The van der Waals surface area contributed by atoms with Crippen LogP contribution in [-0.4, -0.2) is 76.3 Å². The Morgan fingerprint density at radius 1 is 1.24 bits per heavy atom. The van der Waals surface area contributed by atoms with Gasteiger partial charge < -0.3 is 19.9 Å². The number of nitrogens with one attached hydrogen (secondary N) is 2. The first-order valence-electron chi connectivity index (χ1n) is 11.4. The summed E-state index contributed by atoms with van der Waals surface area (Å²) < 4.78 is 5.47. The number of piperidine rings is 1. The second-order valence-corrected chi connectivity index (χ2v) is 8.63. The summed E-state index contributed by atoms with van der Waals surface area (Å²) >= 11 is 0. The van der Waals surface area contributed by atoms with Gasteiger partial charge in [-0.1, -0.05) is 12.0 Å². The Balaban J connectivity index is 1.35. The van der Waals surface area contributed by atoms with Crippen molar-refractivity contribution in [1.82, 2.24) is 25.0 Å². The minimum absolute atomic E-state index is 0.0319. The van der Waals surface area contributed by atoms with Gasteiger partial charge in [0.05, 0.1) is 24.9 Å². The predicted molar refractivity (Wildman–Crippen MR) is 128 cm³/mol. The number of terminal acetylenes is 1. The van der Waals surface area contributed by atoms with Crippen molar-refractivity contribution < 1.29 is 9.53 Å². The highest BCUT2D eigenvalue weighted by atomic mass is 16.5. The van der Waals surface area contributed by atoms with Gasteiger partial charge in [0, 0.05) is 48.9 Å². The van der Waals surface area contributed by atoms with Gasteiger partial charge >= 0.3 is 0 Å². The Kier molecular flexibility index (Phi) is 5.99. The number of carbonyl (C=O) groups excluding carboxylic acids is 1. The topological polar surface area (TPSA) is 86.4 Å². The van der Waals surface area contributed by atoms with Gasteiger partial charge in [-0.3, -0.25) is 9.69 Å². The van der Waals surface area contributed by atoms with Crippen molar-refractivity contribution in [3.05, 3.63) is 47.3 Å². The Morgan fingerprint density at radius 3 is 2.79 bits per heavy atom. The lowest BCUT2D eigenvalue weighted by Crippen LogP contribution is -2.50. The molecular weight excluding hydrogens is 416 g/mol. The van der Waals surface area contributed by atoms with E-state index in [0.29, 0.717) is 17.6 Å². The zero-order valence-corrected chi connectivity index (χ0v) is 18.8. The van der Waals surface area contributed by atoms with Gasteiger partial charge in [-0.05, 0) is 43.5 Å². The summed E-state index contributed by atoms with van der Waals surface area (Å²) in [6.45, 7) is 7.06. The molecule has 170 valence electrons. The van der Waals surface area contributed by atoms with Crippen molar-refractivity contribution in [2.45, 2.75) is 25.8 Å². The molecule has 0 spiro atoms. The number of aromatic amines is 1. The normalized spacial score (nSPS) is 17.8. The minimum atomic E-state index is 0.0319. The third kappa shape index (κ3) is 4.30. The molecule has 2 aliphatic rings. The fourth-order valence-electron chi connectivity index (χ4n) is 4.87. The van der Waals surface area contributed by atoms with Gasteiger partial charge in [-0.25, -0.2) is 0 Å². The molecule has 0 unspecified atom stereocenters. The maximum Gasteiger partial charge on any atom is 0.270 e. The lowest BCUT2D eigenvalue weighted by molar-refractivity contribution is 0.00153. The number of carbonyl (C=O) groups is 1. The van der Waals surface area contributed by atoms with Crippen molar-refractivity contribution in [3.63, 3.8) is 0 Å². The molecule has 5 rings (SSSR count). The summed E-state index contributed by atoms with van der Waals surface area (Å²) in [5.41, 5.74) is 3.86. The predicted octanol–water partition coefficient (Wildman–Crippen LogP) is 2.93. The van der Waals surface area contributed by atoms with Gasteiger partial charge in [0.2, 0.25) is 0 Å². The number of fused-ring (bicyclic) bond motifs is 1. The number of likely N-dealkylation sites (tertiary alicyclic amines) is 1. The molecule has 0 radical (unpaired) electrons. The molecule has 33 heavy (non-hydrogen) atoms. The van der Waals surface area contributed by atoms with E-state index in [-0.39, 0.29) is 5.91 Å². The molecule has 1 aromatic carbocycles. The van der Waals surface area contributed by atoms with Crippen molar-refractivity contribution in [2.75, 3.05) is 44.7 Å². The number of aromatic nitrogens is 3. The molecule has 1 amide bonds. The van der Waals surface area contributed by atoms with Crippen LogP contribution in [0.5, 0.6) is 0 Å². The maximum absolute atomic E-state index is 13.4. The molecule has 2 N–H and O–H groups in total. The fraction of sp³-hybridized carbons (Fsp3) is 0.400. The van der Waals surface area contributed by atoms with E-state index in [1.54, 1.807) is 6.20 Å². The molecule has 0 bridgehead atoms. The molecule has 3 aromatic rings. The Bertz CT molecular complexity index is 1200. The molecule has 8 nitrogen and oxygen atoms in total. The summed E-state index contributed by atoms with van der Waals surface area (Å²) in [5, 5.41) is 12.6. The van der Waals surface area contributed by atoms with Crippen LogP contribution in [0.1, 0.15) is 34.5 Å². The Morgan fingerprint density at radius 2 is 2.03 bits per heavy atom. The standard InChI is InChI=1S/C25H28N6O2/c1-3-18-5-4-6-19(15-18)27-24-22-17(2)23(28-21(22)16-26-29-24)25(32)31-9-7-20(8-10-31)30-11-13-33-14-12-30/h1,4-6,15-16,20,28H,7-14H2,2H3,(H,27,29). The molecule has 0 aliphatic carbocycles. The second-order valence-electron chi connectivity index (χ2n) is 8.63. The number of H-pyrrole nitrogens is 1.